The van der Waals surface area contributed by atoms with Crippen molar-refractivity contribution in [3.8, 4) is 0 Å². The summed E-state index contributed by atoms with van der Waals surface area (Å²) < 4.78 is 51.3. The topological polar surface area (TPSA) is 46.2 Å². The van der Waals surface area contributed by atoms with E-state index in [0.29, 0.717) is 6.07 Å². The number of benzene rings is 1. The monoisotopic (exact) mass is 297 g/mol. The van der Waals surface area contributed by atoms with Crippen molar-refractivity contribution in [2.24, 2.45) is 5.92 Å². The molecule has 0 amide bonds. The average Bonchev–Trinajstić information content (AvgIpc) is 2.27. The lowest BCUT2D eigenvalue weighted by molar-refractivity contribution is 0.557. The van der Waals surface area contributed by atoms with E-state index in [1.807, 2.05) is 0 Å². The molecule has 0 saturated carbocycles. The quantitative estimate of drug-likeness (QED) is 0.819. The maximum Gasteiger partial charge on any atom is 0.212 e. The number of hydrogen-bond acceptors (Lipinski definition) is 2. The molecule has 1 aromatic carbocycles. The van der Waals surface area contributed by atoms with E-state index < -0.39 is 21.7 Å². The molecule has 0 fully saturated rings. The number of halogens is 3. The van der Waals surface area contributed by atoms with Gasteiger partial charge in [-0.05, 0) is 12.0 Å². The molecule has 3 nitrogen and oxygen atoms in total. The molecule has 1 unspecified atom stereocenters. The van der Waals surface area contributed by atoms with Crippen LogP contribution < -0.4 is 4.72 Å². The standard InChI is InChI=1S/C11H14ClF2NO2S/c1-8(5-12)7-18(16,17)15-6-9-2-3-10(13)4-11(9)14/h2-4,8,15H,5-7H2,1H3. The van der Waals surface area contributed by atoms with Gasteiger partial charge in [0, 0.05) is 24.1 Å². The summed E-state index contributed by atoms with van der Waals surface area (Å²) in [6.45, 7) is 1.49. The number of nitrogens with one attached hydrogen (secondary N) is 1. The maximum absolute atomic E-state index is 13.3. The fourth-order valence-electron chi connectivity index (χ4n) is 1.33. The largest absolute Gasteiger partial charge is 0.212 e. The van der Waals surface area contributed by atoms with E-state index in [0.717, 1.165) is 6.07 Å². The van der Waals surface area contributed by atoms with Gasteiger partial charge in [-0.25, -0.2) is 21.9 Å². The van der Waals surface area contributed by atoms with Crippen molar-refractivity contribution >= 4 is 21.6 Å². The molecule has 1 atom stereocenters. The smallest absolute Gasteiger partial charge is 0.212 e. The predicted molar refractivity (Wildman–Crippen MR) is 66.9 cm³/mol. The van der Waals surface area contributed by atoms with Gasteiger partial charge < -0.3 is 0 Å². The molecule has 18 heavy (non-hydrogen) atoms. The summed E-state index contributed by atoms with van der Waals surface area (Å²) in [6, 6.07) is 3.00. The van der Waals surface area contributed by atoms with Crippen LogP contribution in [-0.2, 0) is 16.6 Å². The molecular formula is C11H14ClF2NO2S. The van der Waals surface area contributed by atoms with E-state index in [1.54, 1.807) is 6.92 Å². The van der Waals surface area contributed by atoms with Crippen molar-refractivity contribution < 1.29 is 17.2 Å². The highest BCUT2D eigenvalue weighted by Gasteiger charge is 2.15. The van der Waals surface area contributed by atoms with Crippen LogP contribution in [-0.4, -0.2) is 20.1 Å². The Morgan fingerprint density at radius 2 is 2.06 bits per heavy atom. The normalized spacial score (nSPS) is 13.6. The van der Waals surface area contributed by atoms with Gasteiger partial charge in [0.1, 0.15) is 11.6 Å². The van der Waals surface area contributed by atoms with Crippen LogP contribution in [0.5, 0.6) is 0 Å². The molecule has 0 saturated heterocycles. The molecule has 7 heteroatoms. The van der Waals surface area contributed by atoms with Crippen LogP contribution in [0, 0.1) is 17.6 Å². The van der Waals surface area contributed by atoms with Gasteiger partial charge in [-0.2, -0.15) is 0 Å². The average molecular weight is 298 g/mol. The first kappa shape index (κ1) is 15.3. The van der Waals surface area contributed by atoms with E-state index in [1.165, 1.54) is 6.07 Å². The first-order valence-electron chi connectivity index (χ1n) is 5.31. The Kier molecular flexibility index (Phi) is 5.49. The van der Waals surface area contributed by atoms with Gasteiger partial charge in [0.05, 0.1) is 5.75 Å². The summed E-state index contributed by atoms with van der Waals surface area (Å²) in [5.41, 5.74) is 0.0958. The Balaban J connectivity index is 2.64. The fraction of sp³-hybridized carbons (Fsp3) is 0.455. The van der Waals surface area contributed by atoms with Crippen molar-refractivity contribution in [3.63, 3.8) is 0 Å². The summed E-state index contributed by atoms with van der Waals surface area (Å²) in [4.78, 5) is 0. The second-order valence-corrected chi connectivity index (χ2v) is 6.26. The Hall–Kier alpha value is -0.720. The van der Waals surface area contributed by atoms with Crippen LogP contribution in [0.15, 0.2) is 18.2 Å². The van der Waals surface area contributed by atoms with E-state index >= 15 is 0 Å². The van der Waals surface area contributed by atoms with E-state index in [2.05, 4.69) is 4.72 Å². The third-order valence-corrected chi connectivity index (χ3v) is 4.38. The Labute approximate surface area is 110 Å². The first-order valence-corrected chi connectivity index (χ1v) is 7.50. The minimum absolute atomic E-state index is 0.0958. The molecule has 0 spiro atoms. The molecule has 0 aromatic heterocycles. The summed E-state index contributed by atoms with van der Waals surface area (Å²) >= 11 is 5.52. The molecule has 1 rings (SSSR count). The number of sulfonamides is 1. The second-order valence-electron chi connectivity index (χ2n) is 4.10. The van der Waals surface area contributed by atoms with Crippen molar-refractivity contribution in [2.75, 3.05) is 11.6 Å². The third kappa shape index (κ3) is 4.88. The summed E-state index contributed by atoms with van der Waals surface area (Å²) in [7, 11) is -3.51. The Morgan fingerprint density at radius 3 is 2.61 bits per heavy atom. The summed E-state index contributed by atoms with van der Waals surface area (Å²) in [5.74, 6) is -1.56. The number of rotatable bonds is 6. The minimum atomic E-state index is -3.51. The molecule has 0 aliphatic heterocycles. The second kappa shape index (κ2) is 6.45. The SMILES string of the molecule is CC(CCl)CS(=O)(=O)NCc1ccc(F)cc1F. The molecule has 0 aliphatic carbocycles. The lowest BCUT2D eigenvalue weighted by Crippen LogP contribution is -2.29. The minimum Gasteiger partial charge on any atom is -0.212 e. The van der Waals surface area contributed by atoms with Gasteiger partial charge in [-0.3, -0.25) is 0 Å². The lowest BCUT2D eigenvalue weighted by atomic mass is 10.2. The highest BCUT2D eigenvalue weighted by atomic mass is 35.5. The van der Waals surface area contributed by atoms with Crippen LogP contribution in [0.4, 0.5) is 8.78 Å². The molecule has 1 N–H and O–H groups in total. The predicted octanol–water partition coefficient (Wildman–Crippen LogP) is 2.26. The van der Waals surface area contributed by atoms with Gasteiger partial charge >= 0.3 is 0 Å². The molecule has 0 bridgehead atoms. The van der Waals surface area contributed by atoms with Gasteiger partial charge in [0.25, 0.3) is 0 Å². The van der Waals surface area contributed by atoms with Crippen molar-refractivity contribution in [3.05, 3.63) is 35.4 Å². The van der Waals surface area contributed by atoms with E-state index in [9.17, 15) is 17.2 Å². The Morgan fingerprint density at radius 1 is 1.39 bits per heavy atom. The van der Waals surface area contributed by atoms with E-state index in [-0.39, 0.29) is 29.7 Å². The molecular weight excluding hydrogens is 284 g/mol. The molecule has 102 valence electrons. The van der Waals surface area contributed by atoms with Gasteiger partial charge in [-0.15, -0.1) is 11.6 Å². The van der Waals surface area contributed by atoms with Gasteiger partial charge in [0.2, 0.25) is 10.0 Å². The van der Waals surface area contributed by atoms with Gasteiger partial charge in [-0.1, -0.05) is 13.0 Å². The number of alkyl halides is 1. The van der Waals surface area contributed by atoms with Crippen LogP contribution in [0.3, 0.4) is 0 Å². The third-order valence-electron chi connectivity index (χ3n) is 2.26. The molecule has 0 aliphatic rings. The maximum atomic E-state index is 13.3. The zero-order chi connectivity index (χ0) is 13.8. The first-order chi connectivity index (χ1) is 8.34. The van der Waals surface area contributed by atoms with Crippen molar-refractivity contribution in [2.45, 2.75) is 13.5 Å². The molecule has 0 radical (unpaired) electrons. The van der Waals surface area contributed by atoms with Crippen LogP contribution in [0.25, 0.3) is 0 Å². The zero-order valence-electron chi connectivity index (χ0n) is 9.79. The lowest BCUT2D eigenvalue weighted by Gasteiger charge is -2.10. The van der Waals surface area contributed by atoms with Crippen molar-refractivity contribution in [1.29, 1.82) is 0 Å². The van der Waals surface area contributed by atoms with Crippen LogP contribution in [0.2, 0.25) is 0 Å². The van der Waals surface area contributed by atoms with Crippen LogP contribution >= 0.6 is 11.6 Å². The fourth-order valence-corrected chi connectivity index (χ4v) is 2.93. The van der Waals surface area contributed by atoms with Crippen molar-refractivity contribution in [1.82, 2.24) is 4.72 Å². The highest BCUT2D eigenvalue weighted by molar-refractivity contribution is 7.89. The summed E-state index contributed by atoms with van der Waals surface area (Å²) in [5, 5.41) is 0. The molecule has 1 aromatic rings. The highest BCUT2D eigenvalue weighted by Crippen LogP contribution is 2.10. The van der Waals surface area contributed by atoms with E-state index in [4.69, 9.17) is 11.6 Å². The summed E-state index contributed by atoms with van der Waals surface area (Å²) in [6.07, 6.45) is 0. The zero-order valence-corrected chi connectivity index (χ0v) is 11.4. The van der Waals surface area contributed by atoms with Gasteiger partial charge in [0.15, 0.2) is 0 Å². The molecule has 0 heterocycles. The Bertz CT molecular complexity index is 508. The number of hydrogen-bond donors (Lipinski definition) is 1. The van der Waals surface area contributed by atoms with Crippen LogP contribution in [0.1, 0.15) is 12.5 Å².